The summed E-state index contributed by atoms with van der Waals surface area (Å²) in [6.45, 7) is 4.34. The standard InChI is InChI=1S/C27H33N5O3S/c1-35-21-9-11-22(12-10-21)36(33,34)32-19-17-31(18-20-32)27(13-14-27)26-28-24-8-4-3-7-23(24)25(29-26)30-15-5-2-6-16-30/h3-4,7-12H,2,5-6,13-20H2,1H3. The summed E-state index contributed by atoms with van der Waals surface area (Å²) < 4.78 is 33.2. The van der Waals surface area contributed by atoms with Gasteiger partial charge in [-0.3, -0.25) is 4.90 Å². The lowest BCUT2D eigenvalue weighted by atomic mass is 10.1. The second-order valence-electron chi connectivity index (χ2n) is 10.0. The summed E-state index contributed by atoms with van der Waals surface area (Å²) in [6.07, 6.45) is 5.69. The molecule has 3 fully saturated rings. The molecule has 0 radical (unpaired) electrons. The molecular formula is C27H33N5O3S. The fourth-order valence-corrected chi connectivity index (χ4v) is 7.09. The van der Waals surface area contributed by atoms with Gasteiger partial charge in [0.05, 0.1) is 23.1 Å². The Morgan fingerprint density at radius 1 is 0.833 bits per heavy atom. The van der Waals surface area contributed by atoms with E-state index in [2.05, 4.69) is 28.0 Å². The fraction of sp³-hybridized carbons (Fsp3) is 0.481. The number of aromatic nitrogens is 2. The number of piperidine rings is 1. The van der Waals surface area contributed by atoms with Crippen LogP contribution in [-0.2, 0) is 15.6 Å². The molecule has 2 saturated heterocycles. The quantitative estimate of drug-likeness (QED) is 0.504. The van der Waals surface area contributed by atoms with E-state index in [1.165, 1.54) is 19.3 Å². The molecule has 6 rings (SSSR count). The lowest BCUT2D eigenvalue weighted by molar-refractivity contribution is 0.115. The summed E-state index contributed by atoms with van der Waals surface area (Å²) >= 11 is 0. The maximum absolute atomic E-state index is 13.2. The minimum atomic E-state index is -3.54. The molecule has 0 spiro atoms. The van der Waals surface area contributed by atoms with Gasteiger partial charge in [-0.2, -0.15) is 4.31 Å². The van der Waals surface area contributed by atoms with Gasteiger partial charge in [0, 0.05) is 44.7 Å². The third-order valence-corrected chi connectivity index (χ3v) is 9.83. The van der Waals surface area contributed by atoms with Gasteiger partial charge in [-0.1, -0.05) is 12.1 Å². The summed E-state index contributed by atoms with van der Waals surface area (Å²) in [5, 5.41) is 1.12. The summed E-state index contributed by atoms with van der Waals surface area (Å²) in [4.78, 5) is 15.4. The number of hydrogen-bond donors (Lipinski definition) is 0. The maximum Gasteiger partial charge on any atom is 0.243 e. The van der Waals surface area contributed by atoms with Crippen LogP contribution in [0.1, 0.15) is 37.9 Å². The lowest BCUT2D eigenvalue weighted by Crippen LogP contribution is -2.52. The van der Waals surface area contributed by atoms with Crippen molar-refractivity contribution in [3.05, 3.63) is 54.4 Å². The summed E-state index contributed by atoms with van der Waals surface area (Å²) in [6, 6.07) is 14.9. The molecule has 0 N–H and O–H groups in total. The van der Waals surface area contributed by atoms with Crippen LogP contribution in [0.5, 0.6) is 5.75 Å². The van der Waals surface area contributed by atoms with Crippen LogP contribution in [0.15, 0.2) is 53.4 Å². The normalized spacial score (nSPS) is 21.0. The van der Waals surface area contributed by atoms with Crippen LogP contribution in [0.3, 0.4) is 0 Å². The van der Waals surface area contributed by atoms with E-state index in [1.54, 1.807) is 35.7 Å². The minimum Gasteiger partial charge on any atom is -0.497 e. The molecule has 3 aliphatic rings. The summed E-state index contributed by atoms with van der Waals surface area (Å²) in [5.41, 5.74) is 0.805. The second-order valence-corrected chi connectivity index (χ2v) is 12.0. The molecule has 0 atom stereocenters. The summed E-state index contributed by atoms with van der Waals surface area (Å²) in [5.74, 6) is 2.60. The predicted octanol–water partition coefficient (Wildman–Crippen LogP) is 3.62. The first-order valence-corrected chi connectivity index (χ1v) is 14.4. The van der Waals surface area contributed by atoms with Crippen LogP contribution in [0.25, 0.3) is 10.9 Å². The Hall–Kier alpha value is -2.75. The number of sulfonamides is 1. The monoisotopic (exact) mass is 507 g/mol. The van der Waals surface area contributed by atoms with Crippen molar-refractivity contribution in [3.8, 4) is 5.75 Å². The SMILES string of the molecule is COc1ccc(S(=O)(=O)N2CCN(C3(c4nc(N5CCCCC5)c5ccccc5n4)CC3)CC2)cc1. The molecule has 0 unspecified atom stereocenters. The number of hydrogen-bond acceptors (Lipinski definition) is 7. The molecule has 2 aliphatic heterocycles. The van der Waals surface area contributed by atoms with E-state index in [1.807, 2.05) is 6.07 Å². The van der Waals surface area contributed by atoms with E-state index in [4.69, 9.17) is 14.7 Å². The molecule has 0 amide bonds. The number of anilines is 1. The van der Waals surface area contributed by atoms with Crippen molar-refractivity contribution in [2.24, 2.45) is 0 Å². The smallest absolute Gasteiger partial charge is 0.243 e. The zero-order valence-electron chi connectivity index (χ0n) is 20.8. The van der Waals surface area contributed by atoms with E-state index in [0.29, 0.717) is 36.8 Å². The van der Waals surface area contributed by atoms with Crippen molar-refractivity contribution < 1.29 is 13.2 Å². The van der Waals surface area contributed by atoms with Crippen molar-refractivity contribution in [1.29, 1.82) is 0 Å². The average molecular weight is 508 g/mol. The highest BCUT2D eigenvalue weighted by Crippen LogP contribution is 2.51. The van der Waals surface area contributed by atoms with Crippen LogP contribution in [-0.4, -0.2) is 74.0 Å². The molecule has 1 saturated carbocycles. The largest absolute Gasteiger partial charge is 0.497 e. The van der Waals surface area contributed by atoms with Gasteiger partial charge in [0.2, 0.25) is 10.0 Å². The number of rotatable bonds is 6. The van der Waals surface area contributed by atoms with Crippen molar-refractivity contribution in [3.63, 3.8) is 0 Å². The number of para-hydroxylation sites is 1. The highest BCUT2D eigenvalue weighted by Gasteiger charge is 2.53. The van der Waals surface area contributed by atoms with E-state index < -0.39 is 10.0 Å². The van der Waals surface area contributed by atoms with Crippen LogP contribution in [0.2, 0.25) is 0 Å². The van der Waals surface area contributed by atoms with Gasteiger partial charge in [-0.05, 0) is 68.5 Å². The molecule has 1 aliphatic carbocycles. The van der Waals surface area contributed by atoms with E-state index in [9.17, 15) is 8.42 Å². The fourth-order valence-electron chi connectivity index (χ4n) is 5.67. The molecular weight excluding hydrogens is 474 g/mol. The minimum absolute atomic E-state index is 0.190. The highest BCUT2D eigenvalue weighted by molar-refractivity contribution is 7.89. The van der Waals surface area contributed by atoms with Crippen LogP contribution in [0.4, 0.5) is 5.82 Å². The Morgan fingerprint density at radius 2 is 1.53 bits per heavy atom. The maximum atomic E-state index is 13.2. The number of methoxy groups -OCH3 is 1. The Balaban J connectivity index is 1.24. The molecule has 190 valence electrons. The average Bonchev–Trinajstić information content (AvgIpc) is 3.75. The van der Waals surface area contributed by atoms with Gasteiger partial charge >= 0.3 is 0 Å². The van der Waals surface area contributed by atoms with Gasteiger partial charge < -0.3 is 9.64 Å². The number of fused-ring (bicyclic) bond motifs is 1. The first-order chi connectivity index (χ1) is 17.5. The van der Waals surface area contributed by atoms with Crippen molar-refractivity contribution in [2.75, 3.05) is 51.3 Å². The van der Waals surface area contributed by atoms with Crippen LogP contribution < -0.4 is 9.64 Å². The van der Waals surface area contributed by atoms with Crippen molar-refractivity contribution in [2.45, 2.75) is 42.5 Å². The molecule has 1 aromatic heterocycles. The first-order valence-electron chi connectivity index (χ1n) is 12.9. The zero-order chi connectivity index (χ0) is 24.8. The number of piperazine rings is 1. The number of ether oxygens (including phenoxy) is 1. The van der Waals surface area contributed by atoms with Gasteiger partial charge in [-0.15, -0.1) is 0 Å². The third kappa shape index (κ3) is 4.13. The molecule has 3 aromatic rings. The van der Waals surface area contributed by atoms with Gasteiger partial charge in [0.25, 0.3) is 0 Å². The van der Waals surface area contributed by atoms with Crippen molar-refractivity contribution in [1.82, 2.24) is 19.2 Å². The van der Waals surface area contributed by atoms with Crippen LogP contribution >= 0.6 is 0 Å². The predicted molar refractivity (Wildman–Crippen MR) is 140 cm³/mol. The zero-order valence-corrected chi connectivity index (χ0v) is 21.6. The number of benzene rings is 2. The third-order valence-electron chi connectivity index (χ3n) is 7.92. The Kier molecular flexibility index (Phi) is 6.09. The van der Waals surface area contributed by atoms with Gasteiger partial charge in [0.15, 0.2) is 5.82 Å². The summed E-state index contributed by atoms with van der Waals surface area (Å²) in [7, 11) is -1.96. The van der Waals surface area contributed by atoms with E-state index >= 15 is 0 Å². The van der Waals surface area contributed by atoms with Crippen molar-refractivity contribution >= 4 is 26.7 Å². The molecule has 8 nitrogen and oxygen atoms in total. The first kappa shape index (κ1) is 23.6. The van der Waals surface area contributed by atoms with Gasteiger partial charge in [0.1, 0.15) is 11.6 Å². The Bertz CT molecular complexity index is 1340. The molecule has 0 bridgehead atoms. The van der Waals surface area contributed by atoms with Crippen LogP contribution in [0, 0.1) is 0 Å². The van der Waals surface area contributed by atoms with E-state index in [-0.39, 0.29) is 5.54 Å². The Morgan fingerprint density at radius 3 is 2.19 bits per heavy atom. The molecule has 36 heavy (non-hydrogen) atoms. The molecule has 2 aromatic carbocycles. The Labute approximate surface area is 212 Å². The van der Waals surface area contributed by atoms with E-state index in [0.717, 1.165) is 48.5 Å². The second kappa shape index (κ2) is 9.28. The van der Waals surface area contributed by atoms with Gasteiger partial charge in [-0.25, -0.2) is 18.4 Å². The molecule has 9 heteroatoms. The number of nitrogens with zero attached hydrogens (tertiary/aromatic N) is 5. The molecule has 3 heterocycles. The topological polar surface area (TPSA) is 78.9 Å². The highest BCUT2D eigenvalue weighted by atomic mass is 32.2. The lowest BCUT2D eigenvalue weighted by Gasteiger charge is -2.39.